The highest BCUT2D eigenvalue weighted by molar-refractivity contribution is 8.00. The molecular weight excluding hydrogens is 364 g/mol. The molecule has 2 aromatic rings. The largest absolute Gasteiger partial charge is 0.493 e. The van der Waals surface area contributed by atoms with Crippen LogP contribution in [0.2, 0.25) is 0 Å². The van der Waals surface area contributed by atoms with Gasteiger partial charge in [-0.15, -0.1) is 10.2 Å². The van der Waals surface area contributed by atoms with E-state index in [9.17, 15) is 4.79 Å². The standard InChI is InChI=1S/C19H26N4O3S/c1-13(27-19-22-21-17-7-5-4-6-10-23(17)19)18(24)20-12-14-8-9-15(25-2)16(11-14)26-3/h8-9,11,13H,4-7,10,12H2,1-3H3,(H,20,24)/t13-/m1/s1. The molecule has 8 heteroatoms. The molecule has 146 valence electrons. The van der Waals surface area contributed by atoms with Crippen LogP contribution in [0.15, 0.2) is 23.4 Å². The van der Waals surface area contributed by atoms with E-state index in [0.717, 1.165) is 42.4 Å². The second-order valence-electron chi connectivity index (χ2n) is 6.53. The van der Waals surface area contributed by atoms with Gasteiger partial charge in [0.25, 0.3) is 0 Å². The molecule has 1 aliphatic rings. The Morgan fingerprint density at radius 1 is 1.22 bits per heavy atom. The Morgan fingerprint density at radius 2 is 2.04 bits per heavy atom. The normalized spacial score (nSPS) is 14.8. The maximum absolute atomic E-state index is 12.5. The predicted octanol–water partition coefficient (Wildman–Crippen LogP) is 2.82. The first-order valence-corrected chi connectivity index (χ1v) is 10.1. The Morgan fingerprint density at radius 3 is 2.81 bits per heavy atom. The summed E-state index contributed by atoms with van der Waals surface area (Å²) in [6.45, 7) is 3.26. The summed E-state index contributed by atoms with van der Waals surface area (Å²) < 4.78 is 12.7. The van der Waals surface area contributed by atoms with E-state index in [4.69, 9.17) is 9.47 Å². The van der Waals surface area contributed by atoms with Crippen LogP contribution in [0.3, 0.4) is 0 Å². The highest BCUT2D eigenvalue weighted by atomic mass is 32.2. The number of hydrogen-bond donors (Lipinski definition) is 1. The maximum atomic E-state index is 12.5. The molecule has 1 aromatic heterocycles. The van der Waals surface area contributed by atoms with Crippen LogP contribution >= 0.6 is 11.8 Å². The first kappa shape index (κ1) is 19.5. The van der Waals surface area contributed by atoms with Crippen molar-refractivity contribution in [1.82, 2.24) is 20.1 Å². The van der Waals surface area contributed by atoms with Crippen molar-refractivity contribution in [2.45, 2.75) is 56.1 Å². The van der Waals surface area contributed by atoms with Crippen LogP contribution in [0.5, 0.6) is 11.5 Å². The number of carbonyl (C=O) groups is 1. The third-order valence-electron chi connectivity index (χ3n) is 4.64. The van der Waals surface area contributed by atoms with Crippen molar-refractivity contribution in [2.75, 3.05) is 14.2 Å². The fourth-order valence-corrected chi connectivity index (χ4v) is 4.00. The molecule has 1 aromatic carbocycles. The Kier molecular flexibility index (Phi) is 6.60. The molecule has 7 nitrogen and oxygen atoms in total. The number of rotatable bonds is 7. The molecule has 2 heterocycles. The highest BCUT2D eigenvalue weighted by Gasteiger charge is 2.21. The van der Waals surface area contributed by atoms with Gasteiger partial charge in [0.2, 0.25) is 5.91 Å². The molecule has 0 spiro atoms. The van der Waals surface area contributed by atoms with Gasteiger partial charge < -0.3 is 19.4 Å². The van der Waals surface area contributed by atoms with Crippen LogP contribution in [0, 0.1) is 0 Å². The lowest BCUT2D eigenvalue weighted by molar-refractivity contribution is -0.120. The zero-order chi connectivity index (χ0) is 19.2. The summed E-state index contributed by atoms with van der Waals surface area (Å²) in [5.41, 5.74) is 0.953. The minimum atomic E-state index is -0.248. The summed E-state index contributed by atoms with van der Waals surface area (Å²) in [5.74, 6) is 2.33. The minimum Gasteiger partial charge on any atom is -0.493 e. The average molecular weight is 391 g/mol. The number of nitrogens with one attached hydrogen (secondary N) is 1. The quantitative estimate of drug-likeness (QED) is 0.733. The fraction of sp³-hybridized carbons (Fsp3) is 0.526. The van der Waals surface area contributed by atoms with Crippen molar-refractivity contribution < 1.29 is 14.3 Å². The Hall–Kier alpha value is -2.22. The van der Waals surface area contributed by atoms with Crippen LogP contribution in [0.25, 0.3) is 0 Å². The lowest BCUT2D eigenvalue weighted by atomic mass is 10.2. The molecule has 1 amide bonds. The molecule has 0 bridgehead atoms. The second kappa shape index (κ2) is 9.12. The van der Waals surface area contributed by atoms with Crippen molar-refractivity contribution in [1.29, 1.82) is 0 Å². The van der Waals surface area contributed by atoms with Gasteiger partial charge in [-0.2, -0.15) is 0 Å². The molecule has 0 fully saturated rings. The molecule has 0 unspecified atom stereocenters. The third kappa shape index (κ3) is 4.74. The lowest BCUT2D eigenvalue weighted by Gasteiger charge is -2.14. The number of benzene rings is 1. The Balaban J connectivity index is 1.58. The van der Waals surface area contributed by atoms with Crippen molar-refractivity contribution in [3.05, 3.63) is 29.6 Å². The van der Waals surface area contributed by atoms with Gasteiger partial charge in [-0.25, -0.2) is 0 Å². The summed E-state index contributed by atoms with van der Waals surface area (Å²) in [7, 11) is 3.20. The number of carbonyl (C=O) groups excluding carboxylic acids is 1. The number of nitrogens with zero attached hydrogens (tertiary/aromatic N) is 3. The molecule has 1 aliphatic heterocycles. The summed E-state index contributed by atoms with van der Waals surface area (Å²) in [6.07, 6.45) is 4.48. The van der Waals surface area contributed by atoms with E-state index in [1.165, 1.54) is 18.2 Å². The van der Waals surface area contributed by atoms with Gasteiger partial charge in [0.05, 0.1) is 19.5 Å². The first-order valence-electron chi connectivity index (χ1n) is 9.19. The van der Waals surface area contributed by atoms with Gasteiger partial charge >= 0.3 is 0 Å². The lowest BCUT2D eigenvalue weighted by Crippen LogP contribution is -2.30. The first-order chi connectivity index (χ1) is 13.1. The van der Waals surface area contributed by atoms with Gasteiger partial charge in [-0.05, 0) is 37.5 Å². The van der Waals surface area contributed by atoms with Gasteiger partial charge in [-0.3, -0.25) is 4.79 Å². The van der Waals surface area contributed by atoms with Crippen molar-refractivity contribution >= 4 is 17.7 Å². The van der Waals surface area contributed by atoms with E-state index in [0.29, 0.717) is 18.0 Å². The van der Waals surface area contributed by atoms with E-state index in [-0.39, 0.29) is 11.2 Å². The minimum absolute atomic E-state index is 0.0271. The van der Waals surface area contributed by atoms with Crippen LogP contribution in [0.4, 0.5) is 0 Å². The molecule has 0 saturated carbocycles. The summed E-state index contributed by atoms with van der Waals surface area (Å²) in [5, 5.41) is 12.1. The molecule has 1 N–H and O–H groups in total. The summed E-state index contributed by atoms with van der Waals surface area (Å²) in [6, 6.07) is 5.62. The smallest absolute Gasteiger partial charge is 0.233 e. The topological polar surface area (TPSA) is 78.3 Å². The van der Waals surface area contributed by atoms with E-state index < -0.39 is 0 Å². The van der Waals surface area contributed by atoms with E-state index in [2.05, 4.69) is 20.1 Å². The van der Waals surface area contributed by atoms with Crippen molar-refractivity contribution in [3.8, 4) is 11.5 Å². The third-order valence-corrected chi connectivity index (χ3v) is 5.72. The molecular formula is C19H26N4O3S. The van der Waals surface area contributed by atoms with Crippen LogP contribution in [-0.4, -0.2) is 40.1 Å². The number of thioether (sulfide) groups is 1. The van der Waals surface area contributed by atoms with E-state index >= 15 is 0 Å². The number of hydrogen-bond acceptors (Lipinski definition) is 6. The van der Waals surface area contributed by atoms with Crippen LogP contribution < -0.4 is 14.8 Å². The Bertz CT molecular complexity index is 793. The molecule has 3 rings (SSSR count). The van der Waals surface area contributed by atoms with Gasteiger partial charge in [-0.1, -0.05) is 24.2 Å². The zero-order valence-corrected chi connectivity index (χ0v) is 16.8. The van der Waals surface area contributed by atoms with Gasteiger partial charge in [0.1, 0.15) is 5.82 Å². The number of aryl methyl sites for hydroxylation is 1. The average Bonchev–Trinajstić information content (AvgIpc) is 2.91. The molecule has 0 saturated heterocycles. The Labute approximate surface area is 163 Å². The summed E-state index contributed by atoms with van der Waals surface area (Å²) in [4.78, 5) is 12.5. The maximum Gasteiger partial charge on any atom is 0.233 e. The molecule has 27 heavy (non-hydrogen) atoms. The molecule has 0 radical (unpaired) electrons. The van der Waals surface area contributed by atoms with Crippen LogP contribution in [0.1, 0.15) is 37.6 Å². The number of methoxy groups -OCH3 is 2. The summed E-state index contributed by atoms with van der Waals surface area (Å²) >= 11 is 1.46. The second-order valence-corrected chi connectivity index (χ2v) is 7.84. The van der Waals surface area contributed by atoms with Gasteiger partial charge in [0, 0.05) is 19.5 Å². The van der Waals surface area contributed by atoms with E-state index in [1.54, 1.807) is 14.2 Å². The van der Waals surface area contributed by atoms with Crippen molar-refractivity contribution in [3.63, 3.8) is 0 Å². The number of aromatic nitrogens is 3. The van der Waals surface area contributed by atoms with Crippen LogP contribution in [-0.2, 0) is 24.3 Å². The SMILES string of the molecule is COc1ccc(CNC(=O)[C@@H](C)Sc2nnc3n2CCCCC3)cc1OC. The molecule has 1 atom stereocenters. The monoisotopic (exact) mass is 390 g/mol. The van der Waals surface area contributed by atoms with Gasteiger partial charge in [0.15, 0.2) is 16.7 Å². The van der Waals surface area contributed by atoms with Crippen molar-refractivity contribution in [2.24, 2.45) is 0 Å². The number of ether oxygens (including phenoxy) is 2. The zero-order valence-electron chi connectivity index (χ0n) is 16.0. The number of fused-ring (bicyclic) bond motifs is 1. The predicted molar refractivity (Wildman–Crippen MR) is 104 cm³/mol. The van der Waals surface area contributed by atoms with E-state index in [1.807, 2.05) is 25.1 Å². The molecule has 0 aliphatic carbocycles. The fourth-order valence-electron chi connectivity index (χ4n) is 3.08. The highest BCUT2D eigenvalue weighted by Crippen LogP contribution is 2.28. The number of amides is 1.